The van der Waals surface area contributed by atoms with Gasteiger partial charge in [-0.05, 0) is 31.0 Å². The van der Waals surface area contributed by atoms with E-state index in [0.717, 1.165) is 6.54 Å². The predicted octanol–water partition coefficient (Wildman–Crippen LogP) is 3.22. The lowest BCUT2D eigenvalue weighted by atomic mass is 9.88. The number of hydrogen-bond donors (Lipinski definition) is 1. The Bertz CT molecular complexity index is 1090. The summed E-state index contributed by atoms with van der Waals surface area (Å²) in [5, 5.41) is 13.2. The van der Waals surface area contributed by atoms with Crippen molar-refractivity contribution in [1.29, 1.82) is 0 Å². The van der Waals surface area contributed by atoms with Crippen molar-refractivity contribution < 1.29 is 18.0 Å². The van der Waals surface area contributed by atoms with Gasteiger partial charge in [-0.25, -0.2) is 4.39 Å². The summed E-state index contributed by atoms with van der Waals surface area (Å²) in [5.41, 5.74) is 2.08. The highest BCUT2D eigenvalue weighted by molar-refractivity contribution is 7.85. The highest BCUT2D eigenvalue weighted by Crippen LogP contribution is 2.38. The van der Waals surface area contributed by atoms with E-state index in [1.54, 1.807) is 12.1 Å². The molecule has 0 radical (unpaired) electrons. The number of halogens is 1. The maximum Gasteiger partial charge on any atom is 0.252 e. The Labute approximate surface area is 196 Å². The first-order chi connectivity index (χ1) is 15.7. The lowest BCUT2D eigenvalue weighted by Gasteiger charge is -2.47. The number of quaternary nitrogens is 1. The SMILES string of the molecule is CCN1CCOc2c(F)cc(-c3ccc(C(C[N+]4([O-])CCS(=O)CC4)C(C)C)c(=O)[nH]3)cc21. The molecule has 4 rings (SSSR count). The molecule has 33 heavy (non-hydrogen) atoms. The van der Waals surface area contributed by atoms with E-state index in [4.69, 9.17) is 4.74 Å². The summed E-state index contributed by atoms with van der Waals surface area (Å²) in [6.45, 7) is 8.78. The zero-order valence-corrected chi connectivity index (χ0v) is 20.3. The van der Waals surface area contributed by atoms with Gasteiger partial charge < -0.3 is 24.5 Å². The van der Waals surface area contributed by atoms with Gasteiger partial charge in [0.15, 0.2) is 11.6 Å². The number of hydroxylamine groups is 3. The zero-order chi connectivity index (χ0) is 23.8. The smallest absolute Gasteiger partial charge is 0.252 e. The van der Waals surface area contributed by atoms with Gasteiger partial charge in [-0.3, -0.25) is 9.00 Å². The quantitative estimate of drug-likeness (QED) is 0.510. The number of aromatic nitrogens is 1. The van der Waals surface area contributed by atoms with Crippen LogP contribution in [0.1, 0.15) is 32.3 Å². The van der Waals surface area contributed by atoms with Crippen LogP contribution in [-0.4, -0.2) is 64.7 Å². The van der Waals surface area contributed by atoms with E-state index in [9.17, 15) is 18.6 Å². The molecule has 180 valence electrons. The molecule has 0 aliphatic carbocycles. The molecule has 1 N–H and O–H groups in total. The van der Waals surface area contributed by atoms with Crippen LogP contribution in [0.2, 0.25) is 0 Å². The standard InChI is InChI=1S/C24H32FN3O4S/c1-4-27-7-10-32-23-20(25)13-17(14-22(23)27)21-6-5-18(24(29)26-21)19(16(2)3)15-28(30)8-11-33(31)12-9-28/h5-6,13-14,16,19H,4,7-12,15H2,1-3H3,(H,26,29). The highest BCUT2D eigenvalue weighted by atomic mass is 32.2. The number of likely N-dealkylation sites (N-methyl/N-ethyl adjacent to an activating group) is 1. The van der Waals surface area contributed by atoms with E-state index in [0.29, 0.717) is 60.3 Å². The molecule has 0 bridgehead atoms. The van der Waals surface area contributed by atoms with E-state index in [-0.39, 0.29) is 29.7 Å². The number of H-pyrrole nitrogens is 1. The normalized spacial score (nSPS) is 23.8. The summed E-state index contributed by atoms with van der Waals surface area (Å²) in [4.78, 5) is 18.1. The van der Waals surface area contributed by atoms with Crippen molar-refractivity contribution in [1.82, 2.24) is 4.98 Å². The van der Waals surface area contributed by atoms with Gasteiger partial charge in [0, 0.05) is 40.1 Å². The number of nitrogens with zero attached hydrogens (tertiary/aromatic N) is 2. The van der Waals surface area contributed by atoms with Crippen LogP contribution >= 0.6 is 0 Å². The number of nitrogens with one attached hydrogen (secondary N) is 1. The Morgan fingerprint density at radius 1 is 1.27 bits per heavy atom. The lowest BCUT2D eigenvalue weighted by molar-refractivity contribution is -0.878. The number of pyridine rings is 1. The number of fused-ring (bicyclic) bond motifs is 1. The van der Waals surface area contributed by atoms with Gasteiger partial charge >= 0.3 is 0 Å². The fourth-order valence-electron chi connectivity index (χ4n) is 4.72. The van der Waals surface area contributed by atoms with Gasteiger partial charge in [-0.15, -0.1) is 0 Å². The summed E-state index contributed by atoms with van der Waals surface area (Å²) in [6, 6.07) is 6.78. The lowest BCUT2D eigenvalue weighted by Crippen LogP contribution is -2.53. The molecule has 2 aliphatic rings. The first kappa shape index (κ1) is 23.9. The molecule has 0 saturated carbocycles. The van der Waals surface area contributed by atoms with E-state index < -0.39 is 21.3 Å². The average Bonchev–Trinajstić information content (AvgIpc) is 2.79. The molecule has 1 aromatic heterocycles. The van der Waals surface area contributed by atoms with E-state index in [1.165, 1.54) is 6.07 Å². The van der Waals surface area contributed by atoms with Crippen molar-refractivity contribution in [2.75, 3.05) is 55.7 Å². The van der Waals surface area contributed by atoms with Crippen LogP contribution in [0.4, 0.5) is 10.1 Å². The molecule has 1 aromatic carbocycles. The third-order valence-corrected chi connectivity index (χ3v) is 8.07. The van der Waals surface area contributed by atoms with E-state index in [2.05, 4.69) is 9.88 Å². The fourth-order valence-corrected chi connectivity index (χ4v) is 6.00. The highest BCUT2D eigenvalue weighted by Gasteiger charge is 2.31. The van der Waals surface area contributed by atoms with Crippen molar-refractivity contribution in [3.8, 4) is 17.0 Å². The molecule has 7 nitrogen and oxygen atoms in total. The number of rotatable bonds is 6. The predicted molar refractivity (Wildman–Crippen MR) is 130 cm³/mol. The zero-order valence-electron chi connectivity index (χ0n) is 19.4. The maximum atomic E-state index is 14.8. The Balaban J connectivity index is 1.64. The number of ether oxygens (including phenoxy) is 1. The van der Waals surface area contributed by atoms with Crippen LogP contribution in [0.25, 0.3) is 11.3 Å². The molecule has 1 saturated heterocycles. The summed E-state index contributed by atoms with van der Waals surface area (Å²) in [7, 11) is -0.919. The molecule has 2 aromatic rings. The molecule has 0 amide bonds. The minimum Gasteiger partial charge on any atom is -0.633 e. The topological polar surface area (TPSA) is 85.5 Å². The van der Waals surface area contributed by atoms with Crippen LogP contribution in [0, 0.1) is 16.9 Å². The Hall–Kier alpha value is -2.23. The second kappa shape index (κ2) is 9.56. The molecular formula is C24H32FN3O4S. The van der Waals surface area contributed by atoms with Crippen molar-refractivity contribution >= 4 is 16.5 Å². The second-order valence-electron chi connectivity index (χ2n) is 9.28. The Morgan fingerprint density at radius 2 is 2.00 bits per heavy atom. The second-order valence-corrected chi connectivity index (χ2v) is 11.0. The van der Waals surface area contributed by atoms with Gasteiger partial charge in [0.1, 0.15) is 6.61 Å². The number of aromatic amines is 1. The van der Waals surface area contributed by atoms with Gasteiger partial charge in [-0.1, -0.05) is 19.9 Å². The molecule has 3 heterocycles. The first-order valence-electron chi connectivity index (χ1n) is 11.6. The Kier molecular flexibility index (Phi) is 6.93. The van der Waals surface area contributed by atoms with E-state index >= 15 is 0 Å². The van der Waals surface area contributed by atoms with E-state index in [1.807, 2.05) is 26.8 Å². The van der Waals surface area contributed by atoms with Crippen LogP contribution in [0.3, 0.4) is 0 Å². The van der Waals surface area contributed by atoms with Crippen LogP contribution in [-0.2, 0) is 10.8 Å². The minimum atomic E-state index is -0.919. The summed E-state index contributed by atoms with van der Waals surface area (Å²) in [6.07, 6.45) is 0. The van der Waals surface area contributed by atoms with Gasteiger partial charge in [0.05, 0.1) is 43.4 Å². The Morgan fingerprint density at radius 3 is 2.64 bits per heavy atom. The molecule has 9 heteroatoms. The molecule has 0 spiro atoms. The molecule has 1 atom stereocenters. The summed E-state index contributed by atoms with van der Waals surface area (Å²) < 4.78 is 31.6. The van der Waals surface area contributed by atoms with Crippen LogP contribution in [0.5, 0.6) is 5.75 Å². The van der Waals surface area contributed by atoms with Gasteiger partial charge in [-0.2, -0.15) is 0 Å². The number of anilines is 1. The monoisotopic (exact) mass is 477 g/mol. The molecule has 2 aliphatic heterocycles. The largest absolute Gasteiger partial charge is 0.633 e. The van der Waals surface area contributed by atoms with Crippen LogP contribution in [0.15, 0.2) is 29.1 Å². The van der Waals surface area contributed by atoms with Crippen molar-refractivity contribution in [3.63, 3.8) is 0 Å². The number of benzene rings is 1. The summed E-state index contributed by atoms with van der Waals surface area (Å²) >= 11 is 0. The van der Waals surface area contributed by atoms with Gasteiger partial charge in [0.2, 0.25) is 0 Å². The maximum absolute atomic E-state index is 14.8. The fraction of sp³-hybridized carbons (Fsp3) is 0.542. The summed E-state index contributed by atoms with van der Waals surface area (Å²) in [5.74, 6) is 0.474. The molecule has 1 unspecified atom stereocenters. The van der Waals surface area contributed by atoms with Crippen molar-refractivity contribution in [3.05, 3.63) is 51.2 Å². The average molecular weight is 478 g/mol. The molecule has 1 fully saturated rings. The van der Waals surface area contributed by atoms with Crippen molar-refractivity contribution in [2.24, 2.45) is 5.92 Å². The minimum absolute atomic E-state index is 0.0878. The third-order valence-electron chi connectivity index (χ3n) is 6.79. The van der Waals surface area contributed by atoms with Crippen LogP contribution < -0.4 is 15.2 Å². The van der Waals surface area contributed by atoms with Gasteiger partial charge in [0.25, 0.3) is 5.56 Å². The molecular weight excluding hydrogens is 445 g/mol. The first-order valence-corrected chi connectivity index (χ1v) is 13.1. The number of hydrogen-bond acceptors (Lipinski definition) is 5. The third kappa shape index (κ3) is 5.00. The van der Waals surface area contributed by atoms with Crippen molar-refractivity contribution in [2.45, 2.75) is 26.7 Å².